The van der Waals surface area contributed by atoms with E-state index in [9.17, 15) is 4.79 Å². The molecular formula is C22H25NO3. The monoisotopic (exact) mass is 351 g/mol. The zero-order valence-corrected chi connectivity index (χ0v) is 15.6. The maximum atomic E-state index is 13.4. The number of nitrogens with zero attached hydrogens (tertiary/aromatic N) is 1. The molecule has 0 spiro atoms. The molecule has 0 unspecified atom stereocenters. The first-order valence-electron chi connectivity index (χ1n) is 9.17. The van der Waals surface area contributed by atoms with Crippen LogP contribution in [0.5, 0.6) is 11.5 Å². The van der Waals surface area contributed by atoms with Crippen molar-refractivity contribution in [3.8, 4) is 11.5 Å². The van der Waals surface area contributed by atoms with Crippen molar-refractivity contribution >= 4 is 5.91 Å². The summed E-state index contributed by atoms with van der Waals surface area (Å²) in [6.45, 7) is 4.74. The Bertz CT molecular complexity index is 812. The Morgan fingerprint density at radius 3 is 2.65 bits per heavy atom. The summed E-state index contributed by atoms with van der Waals surface area (Å²) in [6, 6.07) is 16.2. The van der Waals surface area contributed by atoms with Gasteiger partial charge in [0.1, 0.15) is 17.6 Å². The maximum absolute atomic E-state index is 13.4. The third-order valence-corrected chi connectivity index (χ3v) is 5.48. The summed E-state index contributed by atoms with van der Waals surface area (Å²) in [5, 5.41) is 0. The molecule has 0 aliphatic carbocycles. The second-order valence-corrected chi connectivity index (χ2v) is 7.90. The van der Waals surface area contributed by atoms with Crippen LogP contribution >= 0.6 is 0 Å². The lowest BCUT2D eigenvalue weighted by molar-refractivity contribution is -0.141. The molecular weight excluding hydrogens is 326 g/mol. The Hall–Kier alpha value is -2.49. The largest absolute Gasteiger partial charge is 0.497 e. The minimum Gasteiger partial charge on any atom is -0.497 e. The van der Waals surface area contributed by atoms with E-state index in [0.717, 1.165) is 29.0 Å². The molecule has 0 saturated carbocycles. The molecule has 1 saturated heterocycles. The van der Waals surface area contributed by atoms with Crippen molar-refractivity contribution in [1.82, 2.24) is 4.90 Å². The Morgan fingerprint density at radius 2 is 1.92 bits per heavy atom. The van der Waals surface area contributed by atoms with Crippen molar-refractivity contribution < 1.29 is 14.3 Å². The molecule has 1 fully saturated rings. The third-order valence-electron chi connectivity index (χ3n) is 5.48. The summed E-state index contributed by atoms with van der Waals surface area (Å²) in [7, 11) is 1.66. The van der Waals surface area contributed by atoms with E-state index in [2.05, 4.69) is 6.07 Å². The van der Waals surface area contributed by atoms with E-state index in [1.165, 1.54) is 0 Å². The van der Waals surface area contributed by atoms with E-state index in [-0.39, 0.29) is 18.1 Å². The third kappa shape index (κ3) is 2.94. The minimum atomic E-state index is -0.471. The van der Waals surface area contributed by atoms with Crippen LogP contribution in [0.4, 0.5) is 0 Å². The van der Waals surface area contributed by atoms with Crippen molar-refractivity contribution in [2.24, 2.45) is 5.41 Å². The van der Waals surface area contributed by atoms with Crippen LogP contribution in [0.3, 0.4) is 0 Å². The average molecular weight is 351 g/mol. The summed E-state index contributed by atoms with van der Waals surface area (Å²) in [5.41, 5.74) is 1.80. The summed E-state index contributed by atoms with van der Waals surface area (Å²) in [4.78, 5) is 15.4. The van der Waals surface area contributed by atoms with Gasteiger partial charge in [0.25, 0.3) is 0 Å². The summed E-state index contributed by atoms with van der Waals surface area (Å²) in [6.07, 6.45) is 1.70. The number of para-hydroxylation sites is 1. The van der Waals surface area contributed by atoms with Crippen molar-refractivity contribution in [3.63, 3.8) is 0 Å². The lowest BCUT2D eigenvalue weighted by atomic mass is 9.83. The number of amides is 1. The second kappa shape index (κ2) is 6.35. The zero-order chi connectivity index (χ0) is 18.3. The minimum absolute atomic E-state index is 0.107. The van der Waals surface area contributed by atoms with Crippen molar-refractivity contribution in [2.75, 3.05) is 13.7 Å². The Labute approximate surface area is 154 Å². The van der Waals surface area contributed by atoms with Gasteiger partial charge >= 0.3 is 0 Å². The first-order valence-corrected chi connectivity index (χ1v) is 9.17. The fourth-order valence-electron chi connectivity index (χ4n) is 4.16. The number of likely N-dealkylation sites (tertiary alicyclic amines) is 1. The molecule has 136 valence electrons. The predicted octanol–water partition coefficient (Wildman–Crippen LogP) is 4.00. The molecule has 0 N–H and O–H groups in total. The molecule has 2 bridgehead atoms. The van der Waals surface area contributed by atoms with Crippen LogP contribution in [0.2, 0.25) is 0 Å². The Kier molecular flexibility index (Phi) is 4.14. The van der Waals surface area contributed by atoms with Crippen LogP contribution in [0.1, 0.15) is 37.4 Å². The van der Waals surface area contributed by atoms with Crippen LogP contribution in [-0.2, 0) is 11.2 Å². The van der Waals surface area contributed by atoms with Crippen LogP contribution < -0.4 is 9.47 Å². The number of rotatable bonds is 4. The molecule has 4 heteroatoms. The van der Waals surface area contributed by atoms with Gasteiger partial charge in [0.05, 0.1) is 19.7 Å². The number of hydrogen-bond donors (Lipinski definition) is 0. The molecule has 2 aliphatic rings. The van der Waals surface area contributed by atoms with Gasteiger partial charge in [0, 0.05) is 17.4 Å². The number of ether oxygens (including phenoxy) is 2. The highest BCUT2D eigenvalue weighted by atomic mass is 16.5. The van der Waals surface area contributed by atoms with E-state index in [0.29, 0.717) is 13.0 Å². The van der Waals surface area contributed by atoms with Crippen molar-refractivity contribution in [3.05, 3.63) is 59.7 Å². The first-order chi connectivity index (χ1) is 12.5. The van der Waals surface area contributed by atoms with E-state index in [1.54, 1.807) is 7.11 Å². The van der Waals surface area contributed by atoms with Crippen LogP contribution in [0.25, 0.3) is 0 Å². The average Bonchev–Trinajstić information content (AvgIpc) is 2.99. The molecule has 2 atom stereocenters. The number of benzene rings is 2. The molecule has 0 aromatic heterocycles. The molecule has 26 heavy (non-hydrogen) atoms. The highest BCUT2D eigenvalue weighted by Crippen LogP contribution is 2.45. The topological polar surface area (TPSA) is 38.8 Å². The second-order valence-electron chi connectivity index (χ2n) is 7.90. The number of methoxy groups -OCH3 is 1. The van der Waals surface area contributed by atoms with Gasteiger partial charge in [-0.3, -0.25) is 4.79 Å². The molecule has 4 rings (SSSR count). The van der Waals surface area contributed by atoms with Gasteiger partial charge in [-0.25, -0.2) is 0 Å². The van der Waals surface area contributed by atoms with Gasteiger partial charge in [-0.15, -0.1) is 0 Å². The quantitative estimate of drug-likeness (QED) is 0.836. The number of hydrogen-bond acceptors (Lipinski definition) is 3. The van der Waals surface area contributed by atoms with E-state index >= 15 is 0 Å². The van der Waals surface area contributed by atoms with E-state index in [4.69, 9.17) is 9.47 Å². The Morgan fingerprint density at radius 1 is 1.19 bits per heavy atom. The van der Waals surface area contributed by atoms with Gasteiger partial charge in [0.15, 0.2) is 0 Å². The van der Waals surface area contributed by atoms with Gasteiger partial charge < -0.3 is 14.4 Å². The number of carbonyl (C=O) groups excluding carboxylic acids is 1. The van der Waals surface area contributed by atoms with Crippen molar-refractivity contribution in [1.29, 1.82) is 0 Å². The molecule has 4 nitrogen and oxygen atoms in total. The normalized spacial score (nSPS) is 21.1. The van der Waals surface area contributed by atoms with Gasteiger partial charge in [-0.2, -0.15) is 0 Å². The zero-order valence-electron chi connectivity index (χ0n) is 15.6. The molecule has 2 heterocycles. The van der Waals surface area contributed by atoms with Gasteiger partial charge in [0.2, 0.25) is 5.91 Å². The Balaban J connectivity index is 1.54. The number of fused-ring (bicyclic) bond motifs is 4. The fraction of sp³-hybridized carbons (Fsp3) is 0.409. The molecule has 2 aliphatic heterocycles. The molecule has 1 amide bonds. The predicted molar refractivity (Wildman–Crippen MR) is 100 cm³/mol. The maximum Gasteiger partial charge on any atom is 0.229 e. The standard InChI is InChI=1S/C22H25NO3/c1-22(2,13-15-8-10-16(25-3)11-9-15)21(24)23-14-17-12-19(23)18-6-4-5-7-20(18)26-17/h4-11,17,19H,12-14H2,1-3H3/t17-,19-/m0/s1. The fourth-order valence-corrected chi connectivity index (χ4v) is 4.16. The van der Waals surface area contributed by atoms with Gasteiger partial charge in [-0.05, 0) is 30.2 Å². The summed E-state index contributed by atoms with van der Waals surface area (Å²) in [5.74, 6) is 1.96. The van der Waals surface area contributed by atoms with Crippen molar-refractivity contribution in [2.45, 2.75) is 38.8 Å². The lowest BCUT2D eigenvalue weighted by Crippen LogP contribution is -2.42. The van der Waals surface area contributed by atoms with Crippen LogP contribution in [-0.4, -0.2) is 30.6 Å². The highest BCUT2D eigenvalue weighted by Gasteiger charge is 2.45. The molecule has 2 aromatic carbocycles. The highest BCUT2D eigenvalue weighted by molar-refractivity contribution is 5.83. The van der Waals surface area contributed by atoms with E-state index in [1.807, 2.05) is 61.2 Å². The summed E-state index contributed by atoms with van der Waals surface area (Å²) < 4.78 is 11.3. The molecule has 2 aromatic rings. The van der Waals surface area contributed by atoms with Crippen LogP contribution in [0, 0.1) is 5.41 Å². The number of carbonyl (C=O) groups is 1. The molecule has 0 radical (unpaired) electrons. The SMILES string of the molecule is COc1ccc(CC(C)(C)C(=O)N2C[C@@H]3C[C@H]2c2ccccc2O3)cc1. The van der Waals surface area contributed by atoms with Crippen LogP contribution in [0.15, 0.2) is 48.5 Å². The van der Waals surface area contributed by atoms with E-state index < -0.39 is 5.41 Å². The smallest absolute Gasteiger partial charge is 0.229 e. The summed E-state index contributed by atoms with van der Waals surface area (Å²) >= 11 is 0. The lowest BCUT2D eigenvalue weighted by Gasteiger charge is -2.33. The van der Waals surface area contributed by atoms with Gasteiger partial charge in [-0.1, -0.05) is 44.2 Å². The first kappa shape index (κ1) is 17.0.